The van der Waals surface area contributed by atoms with E-state index in [1.807, 2.05) is 19.1 Å². The topological polar surface area (TPSA) is 98.0 Å². The summed E-state index contributed by atoms with van der Waals surface area (Å²) in [4.78, 5) is 32.5. The zero-order chi connectivity index (χ0) is 20.8. The summed E-state index contributed by atoms with van der Waals surface area (Å²) in [5.74, 6) is 0.0225. The van der Waals surface area contributed by atoms with Gasteiger partial charge < -0.3 is 5.11 Å². The van der Waals surface area contributed by atoms with Crippen LogP contribution < -0.4 is 0 Å². The maximum atomic E-state index is 12.2. The Morgan fingerprint density at radius 3 is 2.52 bits per heavy atom. The van der Waals surface area contributed by atoms with Crippen molar-refractivity contribution < 1.29 is 14.7 Å². The summed E-state index contributed by atoms with van der Waals surface area (Å²) in [5.41, 5.74) is 2.36. The van der Waals surface area contributed by atoms with Gasteiger partial charge >= 0.3 is 5.97 Å². The van der Waals surface area contributed by atoms with Gasteiger partial charge in [-0.1, -0.05) is 38.1 Å². The Bertz CT molecular complexity index is 1010. The molecule has 3 aromatic rings. The van der Waals surface area contributed by atoms with Crippen molar-refractivity contribution in [3.63, 3.8) is 0 Å². The smallest absolute Gasteiger partial charge is 0.336 e. The van der Waals surface area contributed by atoms with Gasteiger partial charge in [0.2, 0.25) is 11.6 Å². The van der Waals surface area contributed by atoms with Crippen LogP contribution in [0.1, 0.15) is 65.6 Å². The summed E-state index contributed by atoms with van der Waals surface area (Å²) in [6.45, 7) is 4.41. The van der Waals surface area contributed by atoms with Crippen molar-refractivity contribution in [3.8, 4) is 11.1 Å². The summed E-state index contributed by atoms with van der Waals surface area (Å²) in [6.07, 6.45) is 4.49. The number of pyridine rings is 1. The third kappa shape index (κ3) is 4.74. The van der Waals surface area contributed by atoms with E-state index in [1.54, 1.807) is 35.1 Å². The van der Waals surface area contributed by atoms with Crippen molar-refractivity contribution in [2.75, 3.05) is 0 Å². The number of carboxylic acids is 1. The Hall–Kier alpha value is -3.35. The minimum atomic E-state index is -0.972. The number of carboxylic acid groups (broad SMARTS) is 1. The first kappa shape index (κ1) is 20.4. The molecule has 0 fully saturated rings. The van der Waals surface area contributed by atoms with E-state index in [-0.39, 0.29) is 17.2 Å². The summed E-state index contributed by atoms with van der Waals surface area (Å²) >= 11 is 0. The molecular formula is C22H24N4O3. The first-order chi connectivity index (χ1) is 14.0. The number of Topliss-reactive ketones (excluding diaryl/α,β-unsaturated/α-hetero) is 1. The van der Waals surface area contributed by atoms with E-state index in [2.05, 4.69) is 22.0 Å². The molecule has 0 saturated carbocycles. The predicted molar refractivity (Wildman–Crippen MR) is 109 cm³/mol. The van der Waals surface area contributed by atoms with Crippen molar-refractivity contribution in [2.45, 2.75) is 46.1 Å². The van der Waals surface area contributed by atoms with Gasteiger partial charge in [0, 0.05) is 24.6 Å². The molecule has 0 spiro atoms. The van der Waals surface area contributed by atoms with Crippen molar-refractivity contribution >= 4 is 11.8 Å². The lowest BCUT2D eigenvalue weighted by atomic mass is 10.0. The number of carbonyl (C=O) groups is 2. The number of aromatic nitrogens is 4. The Balaban J connectivity index is 1.85. The first-order valence-electron chi connectivity index (χ1n) is 9.78. The highest BCUT2D eigenvalue weighted by molar-refractivity contribution is 5.95. The molecule has 0 atom stereocenters. The van der Waals surface area contributed by atoms with Crippen LogP contribution in [0.15, 0.2) is 42.6 Å². The molecular weight excluding hydrogens is 368 g/mol. The van der Waals surface area contributed by atoms with Crippen LogP contribution in [-0.2, 0) is 13.0 Å². The van der Waals surface area contributed by atoms with Crippen molar-refractivity contribution in [1.82, 2.24) is 19.7 Å². The number of carbonyl (C=O) groups excluding carboxylic acids is 1. The van der Waals surface area contributed by atoms with Gasteiger partial charge in [0.1, 0.15) is 5.82 Å². The fraction of sp³-hybridized carbons (Fsp3) is 0.318. The number of aromatic carboxylic acids is 1. The second-order valence-corrected chi connectivity index (χ2v) is 6.82. The molecule has 0 amide bonds. The Morgan fingerprint density at radius 1 is 1.07 bits per heavy atom. The molecule has 7 heteroatoms. The molecule has 0 aliphatic carbocycles. The number of aryl methyl sites for hydroxylation is 1. The third-order valence-corrected chi connectivity index (χ3v) is 4.55. The Labute approximate surface area is 169 Å². The van der Waals surface area contributed by atoms with Gasteiger partial charge in [-0.15, -0.1) is 5.10 Å². The number of hydrogen-bond acceptors (Lipinski definition) is 5. The molecule has 0 saturated heterocycles. The largest absolute Gasteiger partial charge is 0.478 e. The third-order valence-electron chi connectivity index (χ3n) is 4.55. The lowest BCUT2D eigenvalue weighted by Crippen LogP contribution is -2.09. The predicted octanol–water partition coefficient (Wildman–Crippen LogP) is 4.02. The molecule has 1 aromatic carbocycles. The van der Waals surface area contributed by atoms with Crippen LogP contribution in [0.5, 0.6) is 0 Å². The molecule has 0 aliphatic rings. The van der Waals surface area contributed by atoms with Gasteiger partial charge in [-0.05, 0) is 30.5 Å². The molecule has 0 unspecified atom stereocenters. The van der Waals surface area contributed by atoms with Crippen LogP contribution in [0.4, 0.5) is 0 Å². The van der Waals surface area contributed by atoms with Gasteiger partial charge in [0.25, 0.3) is 0 Å². The van der Waals surface area contributed by atoms with Crippen LogP contribution in [0, 0.1) is 0 Å². The van der Waals surface area contributed by atoms with Crippen molar-refractivity contribution in [2.24, 2.45) is 0 Å². The summed E-state index contributed by atoms with van der Waals surface area (Å²) in [7, 11) is 0. The summed E-state index contributed by atoms with van der Waals surface area (Å²) in [6, 6.07) is 10.5. The van der Waals surface area contributed by atoms with Crippen LogP contribution in [0.2, 0.25) is 0 Å². The van der Waals surface area contributed by atoms with E-state index in [9.17, 15) is 14.7 Å². The van der Waals surface area contributed by atoms with Gasteiger partial charge in [-0.2, -0.15) is 0 Å². The zero-order valence-corrected chi connectivity index (χ0v) is 16.6. The van der Waals surface area contributed by atoms with Crippen LogP contribution >= 0.6 is 0 Å². The maximum Gasteiger partial charge on any atom is 0.336 e. The average molecular weight is 392 g/mol. The fourth-order valence-corrected chi connectivity index (χ4v) is 3.12. The SMILES string of the molecule is CCCC(=O)c1nc(CCC)n(Cc2ccc(-c3ccccc3C(=O)O)cn2)n1. The second kappa shape index (κ2) is 9.23. The standard InChI is InChI=1S/C22H24N4O3/c1-3-7-19(27)21-24-20(8-4-2)26(25-21)14-16-12-11-15(13-23-16)17-9-5-6-10-18(17)22(28)29/h5-6,9-13H,3-4,7-8,14H2,1-2H3,(H,28,29). The van der Waals surface area contributed by atoms with Crippen LogP contribution in [0.3, 0.4) is 0 Å². The van der Waals surface area contributed by atoms with E-state index in [0.29, 0.717) is 18.5 Å². The average Bonchev–Trinajstić information content (AvgIpc) is 3.12. The number of ketones is 1. The zero-order valence-electron chi connectivity index (χ0n) is 16.6. The molecule has 0 aliphatic heterocycles. The highest BCUT2D eigenvalue weighted by atomic mass is 16.4. The number of benzene rings is 1. The van der Waals surface area contributed by atoms with Crippen molar-refractivity contribution in [1.29, 1.82) is 0 Å². The lowest BCUT2D eigenvalue weighted by molar-refractivity contribution is 0.0697. The van der Waals surface area contributed by atoms with Gasteiger partial charge in [-0.3, -0.25) is 9.78 Å². The second-order valence-electron chi connectivity index (χ2n) is 6.82. The minimum absolute atomic E-state index is 0.0443. The molecule has 1 N–H and O–H groups in total. The number of nitrogens with zero attached hydrogens (tertiary/aromatic N) is 4. The highest BCUT2D eigenvalue weighted by Crippen LogP contribution is 2.23. The molecule has 0 radical (unpaired) electrons. The molecule has 3 rings (SSSR count). The van der Waals surface area contributed by atoms with Gasteiger partial charge in [-0.25, -0.2) is 14.5 Å². The maximum absolute atomic E-state index is 12.2. The summed E-state index contributed by atoms with van der Waals surface area (Å²) < 4.78 is 1.74. The van der Waals surface area contributed by atoms with Gasteiger partial charge in [0.05, 0.1) is 17.8 Å². The number of rotatable bonds is 9. The van der Waals surface area contributed by atoms with E-state index < -0.39 is 5.97 Å². The first-order valence-corrected chi connectivity index (χ1v) is 9.78. The minimum Gasteiger partial charge on any atom is -0.478 e. The highest BCUT2D eigenvalue weighted by Gasteiger charge is 2.16. The molecule has 7 nitrogen and oxygen atoms in total. The molecule has 2 aromatic heterocycles. The Kier molecular flexibility index (Phi) is 6.49. The van der Waals surface area contributed by atoms with E-state index in [0.717, 1.165) is 36.3 Å². The quantitative estimate of drug-likeness (QED) is 0.552. The van der Waals surface area contributed by atoms with Crippen molar-refractivity contribution in [3.05, 3.63) is 65.5 Å². The fourth-order valence-electron chi connectivity index (χ4n) is 3.12. The Morgan fingerprint density at radius 2 is 1.86 bits per heavy atom. The number of hydrogen-bond donors (Lipinski definition) is 1. The lowest BCUT2D eigenvalue weighted by Gasteiger charge is -2.08. The van der Waals surface area contributed by atoms with Crippen LogP contribution in [-0.4, -0.2) is 36.6 Å². The van der Waals surface area contributed by atoms with Crippen LogP contribution in [0.25, 0.3) is 11.1 Å². The molecule has 0 bridgehead atoms. The summed E-state index contributed by atoms with van der Waals surface area (Å²) in [5, 5.41) is 13.8. The molecule has 150 valence electrons. The molecule has 2 heterocycles. The molecule has 29 heavy (non-hydrogen) atoms. The monoisotopic (exact) mass is 392 g/mol. The normalized spacial score (nSPS) is 10.8. The van der Waals surface area contributed by atoms with E-state index in [1.165, 1.54) is 0 Å². The van der Waals surface area contributed by atoms with E-state index >= 15 is 0 Å². The van der Waals surface area contributed by atoms with E-state index in [4.69, 9.17) is 0 Å². The van der Waals surface area contributed by atoms with Gasteiger partial charge in [0.15, 0.2) is 0 Å².